The molecule has 0 aliphatic heterocycles. The van der Waals surface area contributed by atoms with Crippen molar-refractivity contribution in [1.29, 1.82) is 0 Å². The normalized spacial score (nSPS) is 12.0. The lowest BCUT2D eigenvalue weighted by molar-refractivity contribution is 0.220. The quantitative estimate of drug-likeness (QED) is 0.272. The molecular weight excluding hydrogens is 403 g/mol. The van der Waals surface area contributed by atoms with Crippen LogP contribution >= 0.6 is 19.2 Å². The van der Waals surface area contributed by atoms with E-state index in [4.69, 9.17) is 25.4 Å². The van der Waals surface area contributed by atoms with Gasteiger partial charge >= 0.3 is 7.60 Å². The Balaban J connectivity index is 1.78. The molecule has 0 spiro atoms. The molecule has 8 nitrogen and oxygen atoms in total. The highest BCUT2D eigenvalue weighted by Crippen LogP contribution is 2.48. The molecule has 0 amide bonds. The summed E-state index contributed by atoms with van der Waals surface area (Å²) in [5.41, 5.74) is 2.37. The summed E-state index contributed by atoms with van der Waals surface area (Å²) in [5.74, 6) is 1.34. The Kier molecular flexibility index (Phi) is 6.78. The van der Waals surface area contributed by atoms with Crippen LogP contribution in [0.2, 0.25) is 5.28 Å². The van der Waals surface area contributed by atoms with Crippen LogP contribution in [0.3, 0.4) is 0 Å². The zero-order valence-corrected chi connectivity index (χ0v) is 17.8. The maximum absolute atomic E-state index is 12.5. The van der Waals surface area contributed by atoms with E-state index < -0.39 is 7.60 Å². The van der Waals surface area contributed by atoms with Crippen LogP contribution in [-0.4, -0.2) is 48.0 Å². The molecule has 3 rings (SSSR count). The molecule has 2 heterocycles. The summed E-state index contributed by atoms with van der Waals surface area (Å²) in [5, 5.41) is 4.33. The van der Waals surface area contributed by atoms with Gasteiger partial charge < -0.3 is 24.1 Å². The van der Waals surface area contributed by atoms with Gasteiger partial charge in [-0.1, -0.05) is 0 Å². The van der Waals surface area contributed by atoms with Crippen molar-refractivity contribution < 1.29 is 18.3 Å². The van der Waals surface area contributed by atoms with Crippen LogP contribution in [0.4, 0.5) is 5.82 Å². The first-order valence-corrected chi connectivity index (χ1v) is 11.2. The Morgan fingerprint density at radius 1 is 1.21 bits per heavy atom. The van der Waals surface area contributed by atoms with Gasteiger partial charge in [-0.2, -0.15) is 4.98 Å². The lowest BCUT2D eigenvalue weighted by Crippen LogP contribution is -2.08. The lowest BCUT2D eigenvalue weighted by atomic mass is 10.2. The minimum absolute atomic E-state index is 0.154. The fourth-order valence-electron chi connectivity index (χ4n) is 3.01. The minimum atomic E-state index is -3.05. The highest BCUT2D eigenvalue weighted by molar-refractivity contribution is 7.53. The van der Waals surface area contributed by atoms with Crippen molar-refractivity contribution in [3.63, 3.8) is 0 Å². The van der Waals surface area contributed by atoms with Crippen molar-refractivity contribution in [1.82, 2.24) is 15.0 Å². The Morgan fingerprint density at radius 3 is 2.64 bits per heavy atom. The van der Waals surface area contributed by atoms with Gasteiger partial charge in [-0.05, 0) is 44.0 Å². The number of anilines is 1. The van der Waals surface area contributed by atoms with Gasteiger partial charge in [0, 0.05) is 18.0 Å². The second kappa shape index (κ2) is 9.09. The van der Waals surface area contributed by atoms with Crippen LogP contribution in [0.15, 0.2) is 18.2 Å². The second-order valence-corrected chi connectivity index (χ2v) is 8.58. The maximum Gasteiger partial charge on any atom is 0.330 e. The lowest BCUT2D eigenvalue weighted by Gasteiger charge is -2.17. The molecule has 10 heteroatoms. The second-order valence-electron chi connectivity index (χ2n) is 6.05. The highest BCUT2D eigenvalue weighted by atomic mass is 35.5. The molecule has 0 bridgehead atoms. The van der Waals surface area contributed by atoms with E-state index in [1.165, 1.54) is 0 Å². The van der Waals surface area contributed by atoms with Gasteiger partial charge in [0.1, 0.15) is 16.8 Å². The molecule has 152 valence electrons. The molecule has 2 N–H and O–H groups in total. The standard InChI is InChI=1S/C18H24ClN4O4P/c1-4-26-28(24,27-5-2)10-6-9-20-17-16-15(22-18(19)23-17)13-8-7-12(25-3)11-14(13)21-16/h7-8,11,21H,4-6,9-10H2,1-3H3,(H,20,22,23). The highest BCUT2D eigenvalue weighted by Gasteiger charge is 2.22. The van der Waals surface area contributed by atoms with Gasteiger partial charge in [0.05, 0.1) is 32.0 Å². The summed E-state index contributed by atoms with van der Waals surface area (Å²) in [6.45, 7) is 4.84. The molecule has 0 aliphatic rings. The first-order chi connectivity index (χ1) is 13.5. The number of aromatic nitrogens is 3. The molecule has 0 aliphatic carbocycles. The molecule has 2 aromatic heterocycles. The van der Waals surface area contributed by atoms with Crippen molar-refractivity contribution in [3.8, 4) is 5.75 Å². The fourth-order valence-corrected chi connectivity index (χ4v) is 4.84. The summed E-state index contributed by atoms with van der Waals surface area (Å²) in [4.78, 5) is 12.0. The third-order valence-corrected chi connectivity index (χ3v) is 6.51. The number of rotatable bonds is 10. The van der Waals surface area contributed by atoms with Gasteiger partial charge in [-0.25, -0.2) is 4.98 Å². The predicted molar refractivity (Wildman–Crippen MR) is 112 cm³/mol. The zero-order valence-electron chi connectivity index (χ0n) is 16.1. The number of hydrogen-bond donors (Lipinski definition) is 2. The van der Waals surface area contributed by atoms with Crippen molar-refractivity contribution >= 4 is 47.0 Å². The summed E-state index contributed by atoms with van der Waals surface area (Å²) in [6.07, 6.45) is 0.919. The van der Waals surface area contributed by atoms with E-state index in [2.05, 4.69) is 20.3 Å². The monoisotopic (exact) mass is 426 g/mol. The number of hydrogen-bond acceptors (Lipinski definition) is 7. The summed E-state index contributed by atoms with van der Waals surface area (Å²) >= 11 is 6.12. The van der Waals surface area contributed by atoms with E-state index in [-0.39, 0.29) is 5.28 Å². The Hall–Kier alpha value is -1.86. The van der Waals surface area contributed by atoms with E-state index >= 15 is 0 Å². The molecule has 0 fully saturated rings. The van der Waals surface area contributed by atoms with Crippen LogP contribution in [-0.2, 0) is 13.6 Å². The molecule has 1 aromatic carbocycles. The third kappa shape index (κ3) is 4.58. The van der Waals surface area contributed by atoms with E-state index in [1.54, 1.807) is 21.0 Å². The zero-order chi connectivity index (χ0) is 20.1. The van der Waals surface area contributed by atoms with Crippen molar-refractivity contribution in [2.45, 2.75) is 20.3 Å². The molecule has 0 radical (unpaired) electrons. The minimum Gasteiger partial charge on any atom is -0.497 e. The van der Waals surface area contributed by atoms with Crippen LogP contribution in [0.5, 0.6) is 5.75 Å². The number of H-pyrrole nitrogens is 1. The Labute approximate surface area is 168 Å². The molecule has 0 saturated heterocycles. The Bertz CT molecular complexity index is 1000. The van der Waals surface area contributed by atoms with E-state index in [1.807, 2.05) is 18.2 Å². The SMILES string of the molecule is CCOP(=O)(CCCNc1nc(Cl)nc2c1[nH]c1cc(OC)ccc12)OCC. The van der Waals surface area contributed by atoms with E-state index in [0.717, 1.165) is 27.7 Å². The van der Waals surface area contributed by atoms with Crippen LogP contribution < -0.4 is 10.1 Å². The summed E-state index contributed by atoms with van der Waals surface area (Å²) in [7, 11) is -1.43. The molecule has 28 heavy (non-hydrogen) atoms. The number of halogens is 1. The summed E-state index contributed by atoms with van der Waals surface area (Å²) < 4.78 is 28.4. The van der Waals surface area contributed by atoms with Crippen LogP contribution in [0.25, 0.3) is 21.9 Å². The van der Waals surface area contributed by atoms with Gasteiger partial charge in [0.25, 0.3) is 0 Å². The number of fused-ring (bicyclic) bond motifs is 3. The maximum atomic E-state index is 12.5. The number of benzene rings is 1. The smallest absolute Gasteiger partial charge is 0.330 e. The van der Waals surface area contributed by atoms with Crippen LogP contribution in [0, 0.1) is 0 Å². The Morgan fingerprint density at radius 2 is 1.96 bits per heavy atom. The average molecular weight is 427 g/mol. The number of nitrogens with zero attached hydrogens (tertiary/aromatic N) is 2. The van der Waals surface area contributed by atoms with Gasteiger partial charge in [-0.15, -0.1) is 0 Å². The molecular formula is C18H24ClN4O4P. The molecule has 0 atom stereocenters. The number of ether oxygens (including phenoxy) is 1. The van der Waals surface area contributed by atoms with E-state index in [0.29, 0.717) is 38.2 Å². The first kappa shape index (κ1) is 20.9. The molecule has 0 unspecified atom stereocenters. The predicted octanol–water partition coefficient (Wildman–Crippen LogP) is 4.84. The summed E-state index contributed by atoms with van der Waals surface area (Å²) in [6, 6.07) is 5.70. The van der Waals surface area contributed by atoms with E-state index in [9.17, 15) is 4.57 Å². The number of nitrogens with one attached hydrogen (secondary N) is 2. The van der Waals surface area contributed by atoms with Crippen molar-refractivity contribution in [3.05, 3.63) is 23.5 Å². The third-order valence-electron chi connectivity index (χ3n) is 4.18. The van der Waals surface area contributed by atoms with Gasteiger partial charge in [-0.3, -0.25) is 4.57 Å². The topological polar surface area (TPSA) is 98.4 Å². The molecule has 0 saturated carbocycles. The van der Waals surface area contributed by atoms with Gasteiger partial charge in [0.2, 0.25) is 5.28 Å². The fraction of sp³-hybridized carbons (Fsp3) is 0.444. The molecule has 3 aromatic rings. The van der Waals surface area contributed by atoms with Crippen LogP contribution in [0.1, 0.15) is 20.3 Å². The number of methoxy groups -OCH3 is 1. The van der Waals surface area contributed by atoms with Crippen molar-refractivity contribution in [2.24, 2.45) is 0 Å². The first-order valence-electron chi connectivity index (χ1n) is 9.14. The largest absolute Gasteiger partial charge is 0.497 e. The van der Waals surface area contributed by atoms with Gasteiger partial charge in [0.15, 0.2) is 5.82 Å². The number of aromatic amines is 1. The average Bonchev–Trinajstić information content (AvgIpc) is 3.03. The van der Waals surface area contributed by atoms with Crippen molar-refractivity contribution in [2.75, 3.05) is 38.3 Å².